The van der Waals surface area contributed by atoms with Crippen molar-refractivity contribution in [3.05, 3.63) is 64.7 Å². The SMILES string of the molecule is O=C(Nc1cccc(Cn2nc3ccccn3c2=O)c1)N1CCCCCC1. The van der Waals surface area contributed by atoms with Crippen LogP contribution in [0.5, 0.6) is 0 Å². The van der Waals surface area contributed by atoms with E-state index in [-0.39, 0.29) is 11.7 Å². The molecule has 0 spiro atoms. The molecule has 140 valence electrons. The molecule has 1 aliphatic rings. The van der Waals surface area contributed by atoms with Crippen molar-refractivity contribution in [1.82, 2.24) is 19.1 Å². The van der Waals surface area contributed by atoms with Crippen LogP contribution in [0.2, 0.25) is 0 Å². The van der Waals surface area contributed by atoms with Gasteiger partial charge < -0.3 is 10.2 Å². The van der Waals surface area contributed by atoms with Gasteiger partial charge in [-0.2, -0.15) is 0 Å². The van der Waals surface area contributed by atoms with Gasteiger partial charge in [0.15, 0.2) is 5.65 Å². The number of likely N-dealkylation sites (tertiary alicyclic amines) is 1. The molecule has 0 bridgehead atoms. The first kappa shape index (κ1) is 17.3. The number of carbonyl (C=O) groups excluding carboxylic acids is 1. The minimum atomic E-state index is -0.176. The zero-order valence-electron chi connectivity index (χ0n) is 15.2. The number of aromatic nitrogens is 3. The van der Waals surface area contributed by atoms with Gasteiger partial charge in [0.25, 0.3) is 0 Å². The number of benzene rings is 1. The van der Waals surface area contributed by atoms with Gasteiger partial charge in [-0.05, 0) is 42.7 Å². The molecule has 7 heteroatoms. The first-order valence-electron chi connectivity index (χ1n) is 9.40. The summed E-state index contributed by atoms with van der Waals surface area (Å²) in [4.78, 5) is 26.8. The normalized spacial score (nSPS) is 14.9. The van der Waals surface area contributed by atoms with Crippen molar-refractivity contribution in [3.8, 4) is 0 Å². The standard InChI is InChI=1S/C20H23N5O2/c26-19(23-11-4-1-2-5-12-23)21-17-9-7-8-16(14-17)15-25-20(27)24-13-6-3-10-18(24)22-25/h3,6-10,13-14H,1-2,4-5,11-12,15H2,(H,21,26). The second kappa shape index (κ2) is 7.65. The number of urea groups is 1. The highest BCUT2D eigenvalue weighted by atomic mass is 16.2. The fourth-order valence-corrected chi connectivity index (χ4v) is 3.47. The van der Waals surface area contributed by atoms with Crippen LogP contribution in [0.4, 0.5) is 10.5 Å². The molecule has 4 rings (SSSR count). The average molecular weight is 365 g/mol. The van der Waals surface area contributed by atoms with Crippen molar-refractivity contribution in [2.24, 2.45) is 0 Å². The van der Waals surface area contributed by atoms with Crippen LogP contribution < -0.4 is 11.0 Å². The Labute approximate surface area is 157 Å². The van der Waals surface area contributed by atoms with E-state index >= 15 is 0 Å². The number of amides is 2. The van der Waals surface area contributed by atoms with Gasteiger partial charge in [-0.3, -0.25) is 4.40 Å². The molecule has 3 aromatic rings. The molecule has 0 atom stereocenters. The Hall–Kier alpha value is -3.09. The van der Waals surface area contributed by atoms with Crippen LogP contribution in [0.25, 0.3) is 5.65 Å². The van der Waals surface area contributed by atoms with Gasteiger partial charge in [0, 0.05) is 25.0 Å². The molecular formula is C20H23N5O2. The number of rotatable bonds is 3. The maximum atomic E-state index is 12.5. The summed E-state index contributed by atoms with van der Waals surface area (Å²) in [5.41, 5.74) is 2.09. The average Bonchev–Trinajstić information content (AvgIpc) is 2.86. The molecule has 0 aliphatic carbocycles. The number of nitrogens with one attached hydrogen (secondary N) is 1. The zero-order valence-corrected chi connectivity index (χ0v) is 15.2. The molecule has 2 aromatic heterocycles. The summed E-state index contributed by atoms with van der Waals surface area (Å²) in [7, 11) is 0. The third-order valence-corrected chi connectivity index (χ3v) is 4.89. The fraction of sp³-hybridized carbons (Fsp3) is 0.350. The predicted molar refractivity (Wildman–Crippen MR) is 104 cm³/mol. The van der Waals surface area contributed by atoms with E-state index in [1.807, 2.05) is 35.2 Å². The Bertz CT molecular complexity index is 999. The van der Waals surface area contributed by atoms with Gasteiger partial charge in [0.05, 0.1) is 6.54 Å². The quantitative estimate of drug-likeness (QED) is 0.776. The molecule has 0 saturated carbocycles. The maximum absolute atomic E-state index is 12.5. The highest BCUT2D eigenvalue weighted by molar-refractivity contribution is 5.89. The van der Waals surface area contributed by atoms with Crippen LogP contribution >= 0.6 is 0 Å². The van der Waals surface area contributed by atoms with Crippen molar-refractivity contribution in [2.45, 2.75) is 32.2 Å². The summed E-state index contributed by atoms with van der Waals surface area (Å²) in [6, 6.07) is 13.0. The molecule has 0 unspecified atom stereocenters. The molecular weight excluding hydrogens is 342 g/mol. The first-order chi connectivity index (χ1) is 13.2. The van der Waals surface area contributed by atoms with E-state index in [9.17, 15) is 9.59 Å². The highest BCUT2D eigenvalue weighted by Crippen LogP contribution is 2.15. The Morgan fingerprint density at radius 1 is 1.04 bits per heavy atom. The van der Waals surface area contributed by atoms with Crippen LogP contribution in [0.15, 0.2) is 53.5 Å². The smallest absolute Gasteiger partial charge is 0.325 e. The Kier molecular flexibility index (Phi) is 4.91. The predicted octanol–water partition coefficient (Wildman–Crippen LogP) is 2.95. The van der Waals surface area contributed by atoms with E-state index < -0.39 is 0 Å². The van der Waals surface area contributed by atoms with Crippen molar-refractivity contribution in [1.29, 1.82) is 0 Å². The van der Waals surface area contributed by atoms with Crippen LogP contribution in [-0.4, -0.2) is 38.2 Å². The zero-order chi connectivity index (χ0) is 18.6. The number of fused-ring (bicyclic) bond motifs is 1. The summed E-state index contributed by atoms with van der Waals surface area (Å²) in [6.45, 7) is 1.97. The molecule has 27 heavy (non-hydrogen) atoms. The molecule has 7 nitrogen and oxygen atoms in total. The molecule has 2 amide bonds. The third-order valence-electron chi connectivity index (χ3n) is 4.89. The van der Waals surface area contributed by atoms with E-state index in [0.717, 1.165) is 37.2 Å². The molecule has 3 heterocycles. The molecule has 1 saturated heterocycles. The lowest BCUT2D eigenvalue weighted by Crippen LogP contribution is -2.35. The lowest BCUT2D eigenvalue weighted by Gasteiger charge is -2.21. The van der Waals surface area contributed by atoms with Crippen LogP contribution in [-0.2, 0) is 6.54 Å². The Morgan fingerprint density at radius 3 is 2.63 bits per heavy atom. The van der Waals surface area contributed by atoms with Crippen LogP contribution in [0.1, 0.15) is 31.2 Å². The number of hydrogen-bond donors (Lipinski definition) is 1. The summed E-state index contributed by atoms with van der Waals surface area (Å²) in [5.74, 6) is 0. The number of nitrogens with zero attached hydrogens (tertiary/aromatic N) is 4. The minimum Gasteiger partial charge on any atom is -0.325 e. The molecule has 1 N–H and O–H groups in total. The summed E-state index contributed by atoms with van der Waals surface area (Å²) >= 11 is 0. The van der Waals surface area contributed by atoms with Crippen molar-refractivity contribution >= 4 is 17.4 Å². The lowest BCUT2D eigenvalue weighted by molar-refractivity contribution is 0.214. The van der Waals surface area contributed by atoms with Gasteiger partial charge in [-0.15, -0.1) is 5.10 Å². The second-order valence-electron chi connectivity index (χ2n) is 6.90. The van der Waals surface area contributed by atoms with Gasteiger partial charge in [-0.25, -0.2) is 14.3 Å². The lowest BCUT2D eigenvalue weighted by atomic mass is 10.2. The maximum Gasteiger partial charge on any atom is 0.350 e. The van der Waals surface area contributed by atoms with Crippen molar-refractivity contribution < 1.29 is 4.79 Å². The van der Waals surface area contributed by atoms with Gasteiger partial charge in [-0.1, -0.05) is 31.0 Å². The highest BCUT2D eigenvalue weighted by Gasteiger charge is 2.15. The van der Waals surface area contributed by atoms with Crippen LogP contribution in [0.3, 0.4) is 0 Å². The number of hydrogen-bond acceptors (Lipinski definition) is 3. The van der Waals surface area contributed by atoms with E-state index in [0.29, 0.717) is 12.2 Å². The van der Waals surface area contributed by atoms with E-state index in [4.69, 9.17) is 0 Å². The molecule has 1 aliphatic heterocycles. The minimum absolute atomic E-state index is 0.0565. The second-order valence-corrected chi connectivity index (χ2v) is 6.90. The summed E-state index contributed by atoms with van der Waals surface area (Å²) < 4.78 is 2.95. The van der Waals surface area contributed by atoms with Gasteiger partial charge in [0.2, 0.25) is 0 Å². The molecule has 0 radical (unpaired) electrons. The van der Waals surface area contributed by atoms with Gasteiger partial charge >= 0.3 is 11.7 Å². The van der Waals surface area contributed by atoms with Gasteiger partial charge in [0.1, 0.15) is 0 Å². The molecule has 1 fully saturated rings. The summed E-state index contributed by atoms with van der Waals surface area (Å²) in [6.07, 6.45) is 6.20. The first-order valence-corrected chi connectivity index (χ1v) is 9.40. The van der Waals surface area contributed by atoms with Crippen molar-refractivity contribution in [3.63, 3.8) is 0 Å². The van der Waals surface area contributed by atoms with E-state index in [1.165, 1.54) is 21.9 Å². The van der Waals surface area contributed by atoms with E-state index in [1.54, 1.807) is 18.3 Å². The number of anilines is 1. The van der Waals surface area contributed by atoms with E-state index in [2.05, 4.69) is 10.4 Å². The Morgan fingerprint density at radius 2 is 1.85 bits per heavy atom. The largest absolute Gasteiger partial charge is 0.350 e. The van der Waals surface area contributed by atoms with Crippen molar-refractivity contribution in [2.75, 3.05) is 18.4 Å². The monoisotopic (exact) mass is 365 g/mol. The fourth-order valence-electron chi connectivity index (χ4n) is 3.47. The summed E-state index contributed by atoms with van der Waals surface area (Å²) in [5, 5.41) is 7.33. The number of carbonyl (C=O) groups is 1. The third kappa shape index (κ3) is 3.86. The molecule has 1 aromatic carbocycles. The topological polar surface area (TPSA) is 71.6 Å². The Balaban J connectivity index is 1.49. The number of pyridine rings is 1. The van der Waals surface area contributed by atoms with Crippen LogP contribution in [0, 0.1) is 0 Å².